The van der Waals surface area contributed by atoms with E-state index in [1.807, 2.05) is 13.8 Å². The van der Waals surface area contributed by atoms with E-state index in [0.717, 1.165) is 6.42 Å². The molecule has 3 N–H and O–H groups in total. The average Bonchev–Trinajstić information content (AvgIpc) is 2.17. The first-order chi connectivity index (χ1) is 6.18. The molecule has 1 atom stereocenters. The molecule has 0 aliphatic heterocycles. The Labute approximate surface area is 80.0 Å². The van der Waals surface area contributed by atoms with Gasteiger partial charge in [-0.3, -0.25) is 0 Å². The highest BCUT2D eigenvalue weighted by Crippen LogP contribution is 2.12. The van der Waals surface area contributed by atoms with Crippen molar-refractivity contribution < 1.29 is 14.6 Å². The van der Waals surface area contributed by atoms with Gasteiger partial charge in [0, 0.05) is 6.54 Å². The first-order valence-corrected chi connectivity index (χ1v) is 4.71. The van der Waals surface area contributed by atoms with Gasteiger partial charge in [0.25, 0.3) is 0 Å². The van der Waals surface area contributed by atoms with E-state index in [4.69, 9.17) is 20.3 Å². The molecule has 0 aromatic carbocycles. The van der Waals surface area contributed by atoms with Crippen LogP contribution in [-0.2, 0) is 9.47 Å². The van der Waals surface area contributed by atoms with E-state index in [0.29, 0.717) is 26.4 Å². The summed E-state index contributed by atoms with van der Waals surface area (Å²) in [7, 11) is 0. The van der Waals surface area contributed by atoms with Gasteiger partial charge >= 0.3 is 0 Å². The average molecular weight is 191 g/mol. The number of aliphatic hydroxyl groups excluding tert-OH is 1. The minimum absolute atomic E-state index is 0.0575. The predicted octanol–water partition coefficient (Wildman–Crippen LogP) is 0.139. The predicted molar refractivity (Wildman–Crippen MR) is 51.6 cm³/mol. The lowest BCUT2D eigenvalue weighted by molar-refractivity contribution is -0.0558. The minimum Gasteiger partial charge on any atom is -0.394 e. The lowest BCUT2D eigenvalue weighted by Gasteiger charge is -2.26. The highest BCUT2D eigenvalue weighted by Gasteiger charge is 2.19. The minimum atomic E-state index is -0.234. The van der Waals surface area contributed by atoms with Crippen molar-refractivity contribution in [2.24, 2.45) is 5.73 Å². The molecule has 4 heteroatoms. The molecule has 13 heavy (non-hydrogen) atoms. The third kappa shape index (κ3) is 5.99. The zero-order valence-electron chi connectivity index (χ0n) is 8.58. The second kappa shape index (κ2) is 7.26. The number of hydrogen-bond acceptors (Lipinski definition) is 4. The summed E-state index contributed by atoms with van der Waals surface area (Å²) < 4.78 is 10.6. The summed E-state index contributed by atoms with van der Waals surface area (Å²) in [4.78, 5) is 0. The van der Waals surface area contributed by atoms with Crippen molar-refractivity contribution in [1.82, 2.24) is 0 Å². The summed E-state index contributed by atoms with van der Waals surface area (Å²) in [5, 5.41) is 8.43. The van der Waals surface area contributed by atoms with Gasteiger partial charge in [-0.15, -0.1) is 0 Å². The Morgan fingerprint density at radius 1 is 1.31 bits per heavy atom. The van der Waals surface area contributed by atoms with Crippen molar-refractivity contribution in [3.63, 3.8) is 0 Å². The van der Waals surface area contributed by atoms with E-state index < -0.39 is 0 Å². The third-order valence-corrected chi connectivity index (χ3v) is 2.09. The maximum Gasteiger partial charge on any atom is 0.0774 e. The number of nitrogens with two attached hydrogens (primary N) is 1. The molecule has 0 saturated carbocycles. The highest BCUT2D eigenvalue weighted by molar-refractivity contribution is 4.73. The van der Waals surface area contributed by atoms with Crippen LogP contribution in [-0.4, -0.2) is 43.7 Å². The highest BCUT2D eigenvalue weighted by atomic mass is 16.5. The molecule has 0 rings (SSSR count). The monoisotopic (exact) mass is 191 g/mol. The van der Waals surface area contributed by atoms with Crippen LogP contribution in [0.5, 0.6) is 0 Å². The van der Waals surface area contributed by atoms with Gasteiger partial charge in [0.05, 0.1) is 32.0 Å². The van der Waals surface area contributed by atoms with Crippen molar-refractivity contribution in [2.75, 3.05) is 33.0 Å². The van der Waals surface area contributed by atoms with Gasteiger partial charge in [-0.05, 0) is 13.3 Å². The maximum atomic E-state index is 8.43. The van der Waals surface area contributed by atoms with Gasteiger partial charge in [-0.1, -0.05) is 6.92 Å². The molecular weight excluding hydrogens is 170 g/mol. The van der Waals surface area contributed by atoms with Crippen molar-refractivity contribution in [1.29, 1.82) is 0 Å². The van der Waals surface area contributed by atoms with Crippen LogP contribution in [0.15, 0.2) is 0 Å². The molecule has 0 saturated heterocycles. The molecule has 0 aliphatic carbocycles. The normalized spacial score (nSPS) is 15.7. The van der Waals surface area contributed by atoms with Gasteiger partial charge in [0.2, 0.25) is 0 Å². The molecule has 0 aromatic rings. The fourth-order valence-corrected chi connectivity index (χ4v) is 0.819. The summed E-state index contributed by atoms with van der Waals surface area (Å²) in [6.07, 6.45) is 0.892. The molecule has 0 heterocycles. The molecule has 0 spiro atoms. The fraction of sp³-hybridized carbons (Fsp3) is 1.00. The van der Waals surface area contributed by atoms with Crippen LogP contribution in [0.4, 0.5) is 0 Å². The number of ether oxygens (including phenoxy) is 2. The lowest BCUT2D eigenvalue weighted by Crippen LogP contribution is -2.37. The molecule has 0 radical (unpaired) electrons. The van der Waals surface area contributed by atoms with E-state index in [9.17, 15) is 0 Å². The second-order valence-electron chi connectivity index (χ2n) is 3.19. The summed E-state index contributed by atoms with van der Waals surface area (Å²) in [5.74, 6) is 0. The van der Waals surface area contributed by atoms with E-state index in [1.54, 1.807) is 0 Å². The van der Waals surface area contributed by atoms with Gasteiger partial charge in [0.1, 0.15) is 0 Å². The number of rotatable bonds is 8. The summed E-state index contributed by atoms with van der Waals surface area (Å²) in [5.41, 5.74) is 5.32. The van der Waals surface area contributed by atoms with Crippen LogP contribution in [0, 0.1) is 0 Å². The van der Waals surface area contributed by atoms with Crippen LogP contribution in [0.1, 0.15) is 20.3 Å². The molecule has 0 bridgehead atoms. The number of aliphatic hydroxyl groups is 1. The van der Waals surface area contributed by atoms with Crippen LogP contribution in [0.3, 0.4) is 0 Å². The molecule has 0 amide bonds. The van der Waals surface area contributed by atoms with Crippen LogP contribution in [0.25, 0.3) is 0 Å². The smallest absolute Gasteiger partial charge is 0.0774 e. The quantitative estimate of drug-likeness (QED) is 0.536. The largest absolute Gasteiger partial charge is 0.394 e. The SMILES string of the molecule is CCC(C)(CN)OCCOCCO. The molecule has 0 aromatic heterocycles. The molecule has 80 valence electrons. The molecule has 0 fully saturated rings. The van der Waals surface area contributed by atoms with Crippen molar-refractivity contribution in [2.45, 2.75) is 25.9 Å². The van der Waals surface area contributed by atoms with Crippen LogP contribution < -0.4 is 5.73 Å². The maximum absolute atomic E-state index is 8.43. The van der Waals surface area contributed by atoms with E-state index in [1.165, 1.54) is 0 Å². The Morgan fingerprint density at radius 2 is 2.00 bits per heavy atom. The van der Waals surface area contributed by atoms with Gasteiger partial charge in [-0.2, -0.15) is 0 Å². The fourth-order valence-electron chi connectivity index (χ4n) is 0.819. The van der Waals surface area contributed by atoms with Crippen molar-refractivity contribution in [3.8, 4) is 0 Å². The first-order valence-electron chi connectivity index (χ1n) is 4.71. The Kier molecular flexibility index (Phi) is 7.17. The molecule has 0 aliphatic rings. The summed E-state index contributed by atoms with van der Waals surface area (Å²) in [6, 6.07) is 0. The lowest BCUT2D eigenvalue weighted by atomic mass is 10.0. The van der Waals surface area contributed by atoms with Gasteiger partial charge in [-0.25, -0.2) is 0 Å². The van der Waals surface area contributed by atoms with Crippen molar-refractivity contribution in [3.05, 3.63) is 0 Å². The van der Waals surface area contributed by atoms with E-state index in [-0.39, 0.29) is 12.2 Å². The van der Waals surface area contributed by atoms with Crippen LogP contribution >= 0.6 is 0 Å². The zero-order valence-corrected chi connectivity index (χ0v) is 8.58. The Hall–Kier alpha value is -0.160. The number of hydrogen-bond donors (Lipinski definition) is 2. The first kappa shape index (κ1) is 12.8. The van der Waals surface area contributed by atoms with Gasteiger partial charge < -0.3 is 20.3 Å². The summed E-state index contributed by atoms with van der Waals surface area (Å²) in [6.45, 7) is 6.01. The Balaban J connectivity index is 3.39. The van der Waals surface area contributed by atoms with E-state index in [2.05, 4.69) is 0 Å². The molecule has 1 unspecified atom stereocenters. The third-order valence-electron chi connectivity index (χ3n) is 2.09. The molecule has 4 nitrogen and oxygen atoms in total. The standard InChI is InChI=1S/C9H21NO3/c1-3-9(2,8-10)13-7-6-12-5-4-11/h11H,3-8,10H2,1-2H3. The Morgan fingerprint density at radius 3 is 2.46 bits per heavy atom. The Bertz CT molecular complexity index is 115. The van der Waals surface area contributed by atoms with Crippen LogP contribution in [0.2, 0.25) is 0 Å². The topological polar surface area (TPSA) is 64.7 Å². The zero-order chi connectivity index (χ0) is 10.2. The molecular formula is C9H21NO3. The van der Waals surface area contributed by atoms with Gasteiger partial charge in [0.15, 0.2) is 0 Å². The van der Waals surface area contributed by atoms with Crippen molar-refractivity contribution >= 4 is 0 Å². The second-order valence-corrected chi connectivity index (χ2v) is 3.19. The summed E-state index contributed by atoms with van der Waals surface area (Å²) >= 11 is 0. The van der Waals surface area contributed by atoms with E-state index >= 15 is 0 Å².